The van der Waals surface area contributed by atoms with E-state index >= 15 is 0 Å². The highest BCUT2D eigenvalue weighted by atomic mass is 32.2. The Labute approximate surface area is 99.2 Å². The summed E-state index contributed by atoms with van der Waals surface area (Å²) in [5, 5.41) is 0. The second-order valence-corrected chi connectivity index (χ2v) is 6.06. The van der Waals surface area contributed by atoms with Gasteiger partial charge in [-0.05, 0) is 6.07 Å². The molecule has 0 unspecified atom stereocenters. The summed E-state index contributed by atoms with van der Waals surface area (Å²) in [4.78, 5) is 26.5. The molecule has 1 rings (SSSR count). The first-order chi connectivity index (χ1) is 7.79. The summed E-state index contributed by atoms with van der Waals surface area (Å²) in [5.74, 6) is -0.474. The summed E-state index contributed by atoms with van der Waals surface area (Å²) in [6, 6.07) is 2.65. The average molecular weight is 258 g/mol. The Balaban J connectivity index is 2.74. The molecule has 0 atom stereocenters. The fourth-order valence-electron chi connectivity index (χ4n) is 1.20. The molecule has 0 aliphatic rings. The molecule has 0 spiro atoms. The van der Waals surface area contributed by atoms with Crippen molar-refractivity contribution in [2.75, 3.05) is 25.6 Å². The minimum absolute atomic E-state index is 0.0988. The number of rotatable bonds is 4. The van der Waals surface area contributed by atoms with Crippen molar-refractivity contribution in [3.63, 3.8) is 0 Å². The number of carbonyl (C=O) groups is 1. The topological polar surface area (TPSA) is 87.3 Å². The van der Waals surface area contributed by atoms with Gasteiger partial charge in [0, 0.05) is 37.7 Å². The van der Waals surface area contributed by atoms with E-state index in [2.05, 4.69) is 4.98 Å². The molecule has 0 aliphatic carbocycles. The highest BCUT2D eigenvalue weighted by Crippen LogP contribution is 2.00. The Morgan fingerprint density at radius 1 is 1.47 bits per heavy atom. The lowest BCUT2D eigenvalue weighted by Gasteiger charge is -2.16. The lowest BCUT2D eigenvalue weighted by molar-refractivity contribution is 0.0803. The number of carbonyl (C=O) groups excluding carboxylic acids is 1. The first-order valence-electron chi connectivity index (χ1n) is 4.91. The lowest BCUT2D eigenvalue weighted by atomic mass is 10.2. The second kappa shape index (κ2) is 5.13. The summed E-state index contributed by atoms with van der Waals surface area (Å²) in [6.07, 6.45) is 2.48. The van der Waals surface area contributed by atoms with Gasteiger partial charge in [0.2, 0.25) is 5.56 Å². The van der Waals surface area contributed by atoms with Crippen LogP contribution in [0.25, 0.3) is 0 Å². The minimum Gasteiger partial charge on any atom is -0.341 e. The number of amides is 1. The van der Waals surface area contributed by atoms with E-state index < -0.39 is 9.84 Å². The van der Waals surface area contributed by atoms with Gasteiger partial charge in [0.25, 0.3) is 5.91 Å². The van der Waals surface area contributed by atoms with Gasteiger partial charge < -0.3 is 9.88 Å². The molecular weight excluding hydrogens is 244 g/mol. The smallest absolute Gasteiger partial charge is 0.253 e. The van der Waals surface area contributed by atoms with E-state index in [0.29, 0.717) is 0 Å². The molecule has 0 bridgehead atoms. The van der Waals surface area contributed by atoms with Gasteiger partial charge in [-0.25, -0.2) is 8.42 Å². The fraction of sp³-hybridized carbons (Fsp3) is 0.400. The van der Waals surface area contributed by atoms with Crippen LogP contribution in [0, 0.1) is 0 Å². The van der Waals surface area contributed by atoms with Crippen molar-refractivity contribution in [1.82, 2.24) is 9.88 Å². The van der Waals surface area contributed by atoms with Crippen LogP contribution in [0.2, 0.25) is 0 Å². The minimum atomic E-state index is -3.10. The van der Waals surface area contributed by atoms with Gasteiger partial charge in [0.1, 0.15) is 9.84 Å². The number of pyridine rings is 1. The van der Waals surface area contributed by atoms with Crippen molar-refractivity contribution >= 4 is 15.7 Å². The predicted octanol–water partition coefficient (Wildman–Crippen LogP) is -0.509. The summed E-state index contributed by atoms with van der Waals surface area (Å²) < 4.78 is 21.9. The number of aromatic amines is 1. The molecule has 1 amide bonds. The Morgan fingerprint density at radius 2 is 2.12 bits per heavy atom. The molecule has 0 radical (unpaired) electrons. The molecule has 7 heteroatoms. The van der Waals surface area contributed by atoms with Crippen LogP contribution in [0.15, 0.2) is 23.1 Å². The van der Waals surface area contributed by atoms with Crippen molar-refractivity contribution in [2.24, 2.45) is 0 Å². The first kappa shape index (κ1) is 13.4. The van der Waals surface area contributed by atoms with Crippen LogP contribution in [0.5, 0.6) is 0 Å². The molecule has 1 aromatic heterocycles. The summed E-state index contributed by atoms with van der Waals surface area (Å²) >= 11 is 0. The molecule has 0 aromatic carbocycles. The summed E-state index contributed by atoms with van der Waals surface area (Å²) in [7, 11) is -1.61. The molecule has 0 saturated heterocycles. The molecular formula is C10H14N2O4S. The number of nitrogens with zero attached hydrogens (tertiary/aromatic N) is 1. The van der Waals surface area contributed by atoms with Crippen molar-refractivity contribution in [1.29, 1.82) is 0 Å². The molecule has 94 valence electrons. The van der Waals surface area contributed by atoms with Crippen molar-refractivity contribution in [3.05, 3.63) is 34.2 Å². The number of hydrogen-bond donors (Lipinski definition) is 1. The van der Waals surface area contributed by atoms with Crippen molar-refractivity contribution < 1.29 is 13.2 Å². The fourth-order valence-corrected chi connectivity index (χ4v) is 1.81. The molecule has 0 fully saturated rings. The van der Waals surface area contributed by atoms with Gasteiger partial charge >= 0.3 is 0 Å². The molecule has 1 N–H and O–H groups in total. The average Bonchev–Trinajstić information content (AvgIpc) is 2.24. The van der Waals surface area contributed by atoms with E-state index in [9.17, 15) is 18.0 Å². The van der Waals surface area contributed by atoms with Crippen LogP contribution in [0.3, 0.4) is 0 Å². The van der Waals surface area contributed by atoms with E-state index in [1.165, 1.54) is 30.3 Å². The highest BCUT2D eigenvalue weighted by molar-refractivity contribution is 7.90. The zero-order valence-corrected chi connectivity index (χ0v) is 10.5. The predicted molar refractivity (Wildman–Crippen MR) is 63.7 cm³/mol. The highest BCUT2D eigenvalue weighted by Gasteiger charge is 2.13. The Kier molecular flexibility index (Phi) is 4.06. The zero-order chi connectivity index (χ0) is 13.1. The molecule has 17 heavy (non-hydrogen) atoms. The van der Waals surface area contributed by atoms with E-state index in [0.717, 1.165) is 6.26 Å². The third-order valence-corrected chi connectivity index (χ3v) is 3.09. The Hall–Kier alpha value is -1.63. The van der Waals surface area contributed by atoms with Crippen LogP contribution < -0.4 is 5.56 Å². The van der Waals surface area contributed by atoms with Crippen LogP contribution in [-0.2, 0) is 9.84 Å². The molecule has 6 nitrogen and oxygen atoms in total. The third-order valence-electron chi connectivity index (χ3n) is 2.17. The lowest BCUT2D eigenvalue weighted by Crippen LogP contribution is -2.32. The molecule has 0 aliphatic heterocycles. The molecule has 0 saturated carbocycles. The van der Waals surface area contributed by atoms with E-state index in [4.69, 9.17) is 0 Å². The number of nitrogens with one attached hydrogen (secondary N) is 1. The second-order valence-electron chi connectivity index (χ2n) is 3.80. The van der Waals surface area contributed by atoms with Gasteiger partial charge in [-0.15, -0.1) is 0 Å². The summed E-state index contributed by atoms with van der Waals surface area (Å²) in [5.41, 5.74) is -0.128. The van der Waals surface area contributed by atoms with Crippen LogP contribution in [0.4, 0.5) is 0 Å². The Morgan fingerprint density at radius 3 is 2.65 bits per heavy atom. The number of H-pyrrole nitrogens is 1. The largest absolute Gasteiger partial charge is 0.341 e. The van der Waals surface area contributed by atoms with E-state index in [1.54, 1.807) is 0 Å². The van der Waals surface area contributed by atoms with Crippen LogP contribution in [-0.4, -0.2) is 49.8 Å². The number of hydrogen-bond acceptors (Lipinski definition) is 4. The molecule has 1 heterocycles. The molecule has 1 aromatic rings. The quantitative estimate of drug-likeness (QED) is 0.788. The van der Waals surface area contributed by atoms with Crippen LogP contribution >= 0.6 is 0 Å². The first-order valence-corrected chi connectivity index (χ1v) is 6.97. The normalized spacial score (nSPS) is 11.2. The monoisotopic (exact) mass is 258 g/mol. The third kappa shape index (κ3) is 4.39. The maximum atomic E-state index is 11.8. The van der Waals surface area contributed by atoms with E-state index in [1.807, 2.05) is 0 Å². The van der Waals surface area contributed by atoms with Gasteiger partial charge in [-0.1, -0.05) is 0 Å². The standard InChI is InChI=1S/C10H14N2O4S/c1-12(5-6-17(2,15)16)10(14)8-3-4-11-9(13)7-8/h3-4,7H,5-6H2,1-2H3,(H,11,13). The van der Waals surface area contributed by atoms with Gasteiger partial charge in [0.05, 0.1) is 5.75 Å². The number of aromatic nitrogens is 1. The van der Waals surface area contributed by atoms with Crippen molar-refractivity contribution in [2.45, 2.75) is 0 Å². The summed E-state index contributed by atoms with van der Waals surface area (Å²) in [6.45, 7) is 0.102. The maximum Gasteiger partial charge on any atom is 0.253 e. The van der Waals surface area contributed by atoms with Gasteiger partial charge in [0.15, 0.2) is 0 Å². The van der Waals surface area contributed by atoms with Crippen LogP contribution in [0.1, 0.15) is 10.4 Å². The van der Waals surface area contributed by atoms with Gasteiger partial charge in [-0.3, -0.25) is 9.59 Å². The van der Waals surface area contributed by atoms with Gasteiger partial charge in [-0.2, -0.15) is 0 Å². The Bertz CT molecular complexity index is 562. The number of sulfone groups is 1. The van der Waals surface area contributed by atoms with E-state index in [-0.39, 0.29) is 29.3 Å². The maximum absolute atomic E-state index is 11.8. The van der Waals surface area contributed by atoms with Crippen molar-refractivity contribution in [3.8, 4) is 0 Å². The zero-order valence-electron chi connectivity index (χ0n) is 9.63. The SMILES string of the molecule is CN(CCS(C)(=O)=O)C(=O)c1cc[nH]c(=O)c1.